The lowest BCUT2D eigenvalue weighted by Gasteiger charge is -2.24. The number of benzene rings is 2. The number of carboxylic acid groups (broad SMARTS) is 1. The van der Waals surface area contributed by atoms with Crippen LogP contribution in [0, 0.1) is 0 Å². The molecule has 1 saturated heterocycles. The second-order valence-electron chi connectivity index (χ2n) is 7.99. The highest BCUT2D eigenvalue weighted by atomic mass is 35.5. The molecule has 8 nitrogen and oxygen atoms in total. The Morgan fingerprint density at radius 2 is 1.78 bits per heavy atom. The predicted molar refractivity (Wildman–Crippen MR) is 128 cm³/mol. The van der Waals surface area contributed by atoms with Crippen LogP contribution in [0.5, 0.6) is 11.5 Å². The van der Waals surface area contributed by atoms with Crippen molar-refractivity contribution in [3.05, 3.63) is 52.0 Å². The third-order valence-electron chi connectivity index (χ3n) is 5.46. The molecule has 1 fully saturated rings. The van der Waals surface area contributed by atoms with Gasteiger partial charge in [-0.25, -0.2) is 4.79 Å². The first-order chi connectivity index (χ1) is 17.0. The Balaban J connectivity index is 1.45. The molecule has 0 spiro atoms. The highest BCUT2D eigenvalue weighted by molar-refractivity contribution is 6.32. The van der Waals surface area contributed by atoms with Crippen molar-refractivity contribution in [1.82, 2.24) is 10.2 Å². The second kappa shape index (κ2) is 12.4. The Labute approximate surface area is 215 Å². The Morgan fingerprint density at radius 3 is 2.44 bits per heavy atom. The number of carbonyl (C=O) groups is 2. The molecule has 3 N–H and O–H groups in total. The molecule has 1 unspecified atom stereocenters. The molecule has 13 heteroatoms. The van der Waals surface area contributed by atoms with Gasteiger partial charge in [-0.1, -0.05) is 23.2 Å². The third kappa shape index (κ3) is 8.07. The molecule has 1 atom stereocenters. The van der Waals surface area contributed by atoms with Gasteiger partial charge < -0.3 is 25.2 Å². The molecule has 1 aliphatic rings. The van der Waals surface area contributed by atoms with E-state index in [1.54, 1.807) is 12.1 Å². The average molecular weight is 550 g/mol. The van der Waals surface area contributed by atoms with Crippen LogP contribution in [0.1, 0.15) is 18.4 Å². The number of carbonyl (C=O) groups excluding carboxylic acids is 1. The number of rotatable bonds is 10. The van der Waals surface area contributed by atoms with Gasteiger partial charge >= 0.3 is 12.3 Å². The maximum atomic E-state index is 12.7. The summed E-state index contributed by atoms with van der Waals surface area (Å²) in [5, 5.41) is 13.8. The third-order valence-corrected chi connectivity index (χ3v) is 6.05. The van der Waals surface area contributed by atoms with E-state index < -0.39 is 30.3 Å². The summed E-state index contributed by atoms with van der Waals surface area (Å²) in [5.41, 5.74) is -0.546. The topological polar surface area (TPSA) is 100 Å². The number of alkyl halides is 3. The molecule has 196 valence electrons. The van der Waals surface area contributed by atoms with Crippen molar-refractivity contribution in [2.45, 2.75) is 25.1 Å². The van der Waals surface area contributed by atoms with E-state index in [9.17, 15) is 22.8 Å². The van der Waals surface area contributed by atoms with Gasteiger partial charge in [0.2, 0.25) is 0 Å². The largest absolute Gasteiger partial charge is 0.491 e. The van der Waals surface area contributed by atoms with Gasteiger partial charge in [-0.2, -0.15) is 13.2 Å². The molecule has 0 aliphatic carbocycles. The SMILES string of the molecule is O=C(O)NCC1CCCN1CCOc1ccc(NC(=O)COc2ccc(C(F)(F)F)cc2Cl)cc1Cl. The van der Waals surface area contributed by atoms with Crippen molar-refractivity contribution in [3.63, 3.8) is 0 Å². The summed E-state index contributed by atoms with van der Waals surface area (Å²) in [6.45, 7) is 1.68. The smallest absolute Gasteiger partial charge is 0.416 e. The Kier molecular flexibility index (Phi) is 9.52. The molecule has 0 aromatic heterocycles. The fraction of sp³-hybridized carbons (Fsp3) is 0.391. The summed E-state index contributed by atoms with van der Waals surface area (Å²) >= 11 is 12.1. The van der Waals surface area contributed by atoms with Crippen molar-refractivity contribution in [3.8, 4) is 11.5 Å². The van der Waals surface area contributed by atoms with Crippen LogP contribution in [0.4, 0.5) is 23.7 Å². The minimum atomic E-state index is -4.54. The van der Waals surface area contributed by atoms with Crippen molar-refractivity contribution in [1.29, 1.82) is 0 Å². The Morgan fingerprint density at radius 1 is 1.08 bits per heavy atom. The normalized spacial score (nSPS) is 16.0. The van der Waals surface area contributed by atoms with E-state index in [4.69, 9.17) is 37.8 Å². The molecule has 0 saturated carbocycles. The number of nitrogens with zero attached hydrogens (tertiary/aromatic N) is 1. The molecule has 1 aliphatic heterocycles. The molecule has 3 rings (SSSR count). The molecular weight excluding hydrogens is 526 g/mol. The summed E-state index contributed by atoms with van der Waals surface area (Å²) in [5.74, 6) is -0.201. The van der Waals surface area contributed by atoms with Crippen molar-refractivity contribution < 1.29 is 37.3 Å². The number of hydrogen-bond acceptors (Lipinski definition) is 5. The van der Waals surface area contributed by atoms with Crippen LogP contribution < -0.4 is 20.1 Å². The fourth-order valence-corrected chi connectivity index (χ4v) is 4.20. The quantitative estimate of drug-likeness (QED) is 0.379. The Bertz CT molecular complexity index is 1090. The molecular formula is C23H24Cl2F3N3O5. The van der Waals surface area contributed by atoms with Crippen LogP contribution in [0.15, 0.2) is 36.4 Å². The van der Waals surface area contributed by atoms with Gasteiger partial charge in [-0.3, -0.25) is 9.69 Å². The van der Waals surface area contributed by atoms with E-state index in [2.05, 4.69) is 15.5 Å². The van der Waals surface area contributed by atoms with Gasteiger partial charge in [0.25, 0.3) is 5.91 Å². The summed E-state index contributed by atoms with van der Waals surface area (Å²) < 4.78 is 49.1. The van der Waals surface area contributed by atoms with Crippen LogP contribution in [0.3, 0.4) is 0 Å². The number of amides is 2. The van der Waals surface area contributed by atoms with Crippen LogP contribution in [0.2, 0.25) is 10.0 Å². The van der Waals surface area contributed by atoms with Gasteiger partial charge in [-0.15, -0.1) is 0 Å². The van der Waals surface area contributed by atoms with Gasteiger partial charge in [0.1, 0.15) is 18.1 Å². The number of nitrogens with one attached hydrogen (secondary N) is 2. The van der Waals surface area contributed by atoms with Crippen molar-refractivity contribution >= 4 is 40.9 Å². The van der Waals surface area contributed by atoms with Gasteiger partial charge in [0.05, 0.1) is 15.6 Å². The number of hydrogen-bond donors (Lipinski definition) is 3. The highest BCUT2D eigenvalue weighted by Crippen LogP contribution is 2.34. The second-order valence-corrected chi connectivity index (χ2v) is 8.81. The molecule has 2 aromatic carbocycles. The first kappa shape index (κ1) is 27.7. The number of likely N-dealkylation sites (tertiary alicyclic amines) is 1. The first-order valence-electron chi connectivity index (χ1n) is 11.0. The summed E-state index contributed by atoms with van der Waals surface area (Å²) in [6, 6.07) is 7.39. The van der Waals surface area contributed by atoms with Gasteiger partial charge in [-0.05, 0) is 55.8 Å². The molecule has 2 amide bonds. The number of ether oxygens (including phenoxy) is 2. The van der Waals surface area contributed by atoms with Gasteiger partial charge in [0, 0.05) is 24.8 Å². The first-order valence-corrected chi connectivity index (χ1v) is 11.7. The summed E-state index contributed by atoms with van der Waals surface area (Å²) in [4.78, 5) is 25.0. The zero-order chi connectivity index (χ0) is 26.3. The lowest BCUT2D eigenvalue weighted by Crippen LogP contribution is -2.41. The molecule has 0 radical (unpaired) electrons. The maximum absolute atomic E-state index is 12.7. The minimum Gasteiger partial charge on any atom is -0.491 e. The van der Waals surface area contributed by atoms with Gasteiger partial charge in [0.15, 0.2) is 6.61 Å². The van der Waals surface area contributed by atoms with Crippen LogP contribution in [-0.4, -0.2) is 60.9 Å². The lowest BCUT2D eigenvalue weighted by atomic mass is 10.2. The van der Waals surface area contributed by atoms with Crippen molar-refractivity contribution in [2.24, 2.45) is 0 Å². The lowest BCUT2D eigenvalue weighted by molar-refractivity contribution is -0.137. The summed E-state index contributed by atoms with van der Waals surface area (Å²) in [6.07, 6.45) is -3.70. The van der Waals surface area contributed by atoms with Crippen LogP contribution in [0.25, 0.3) is 0 Å². The predicted octanol–water partition coefficient (Wildman–Crippen LogP) is 5.14. The maximum Gasteiger partial charge on any atom is 0.416 e. The minimum absolute atomic E-state index is 0.0550. The van der Waals surface area contributed by atoms with Crippen molar-refractivity contribution in [2.75, 3.05) is 38.2 Å². The van der Waals surface area contributed by atoms with E-state index in [0.717, 1.165) is 37.6 Å². The molecule has 2 aromatic rings. The molecule has 0 bridgehead atoms. The monoisotopic (exact) mass is 549 g/mol. The fourth-order valence-electron chi connectivity index (χ4n) is 3.73. The van der Waals surface area contributed by atoms with E-state index in [-0.39, 0.29) is 21.8 Å². The standard InChI is InChI=1S/C23H24Cl2F3N3O5/c24-17-10-14(23(26,27)28)3-5-20(17)36-13-21(32)30-15-4-6-19(18(25)11-15)35-9-8-31-7-1-2-16(31)12-29-22(33)34/h3-6,10-11,16,29H,1-2,7-9,12-13H2,(H,30,32)(H,33,34). The average Bonchev–Trinajstić information content (AvgIpc) is 3.25. The zero-order valence-corrected chi connectivity index (χ0v) is 20.4. The van der Waals surface area contributed by atoms with E-state index in [1.807, 2.05) is 0 Å². The van der Waals surface area contributed by atoms with Crippen LogP contribution in [-0.2, 0) is 11.0 Å². The van der Waals surface area contributed by atoms with E-state index in [0.29, 0.717) is 31.1 Å². The number of halogens is 5. The van der Waals surface area contributed by atoms with E-state index >= 15 is 0 Å². The summed E-state index contributed by atoms with van der Waals surface area (Å²) in [7, 11) is 0. The van der Waals surface area contributed by atoms with Crippen LogP contribution >= 0.6 is 23.2 Å². The number of anilines is 1. The highest BCUT2D eigenvalue weighted by Gasteiger charge is 2.31. The molecule has 36 heavy (non-hydrogen) atoms. The zero-order valence-electron chi connectivity index (χ0n) is 18.9. The van der Waals surface area contributed by atoms with E-state index in [1.165, 1.54) is 6.07 Å². The molecule has 1 heterocycles. The Hall–Kier alpha value is -2.89.